The number of methoxy groups -OCH3 is 1. The lowest BCUT2D eigenvalue weighted by atomic mass is 9.90. The molecule has 10 heteroatoms. The van der Waals surface area contributed by atoms with Crippen LogP contribution in [-0.2, 0) is 15.1 Å². The number of nitrogens with zero attached hydrogens (tertiary/aromatic N) is 2. The Morgan fingerprint density at radius 3 is 2.53 bits per heavy atom. The van der Waals surface area contributed by atoms with Crippen molar-refractivity contribution in [3.05, 3.63) is 75.8 Å². The van der Waals surface area contributed by atoms with Crippen molar-refractivity contribution in [2.75, 3.05) is 19.0 Å². The van der Waals surface area contributed by atoms with E-state index in [1.165, 1.54) is 19.2 Å². The van der Waals surface area contributed by atoms with Crippen LogP contribution < -0.4 is 15.4 Å². The maximum atomic E-state index is 13.2. The van der Waals surface area contributed by atoms with E-state index in [4.69, 9.17) is 4.74 Å². The standard InChI is InChI=1S/C24H22N4O6/c1-14-10-19(28(32)33)20(34-3)12-18(14)25-21(29)13-27-22(30)24(2,26-23(27)31)17-9-8-15-6-4-5-7-16(15)11-17/h4-12H,13H2,1-3H3,(H,25,29)(H,26,31)/t24-/m1/s1. The molecule has 4 rings (SSSR count). The smallest absolute Gasteiger partial charge is 0.325 e. The molecule has 1 saturated heterocycles. The third-order valence-corrected chi connectivity index (χ3v) is 5.90. The molecule has 1 fully saturated rings. The molecule has 0 saturated carbocycles. The molecule has 2 N–H and O–H groups in total. The number of aryl methyl sites for hydroxylation is 1. The van der Waals surface area contributed by atoms with Gasteiger partial charge in [0.1, 0.15) is 12.1 Å². The second-order valence-corrected chi connectivity index (χ2v) is 8.15. The second kappa shape index (κ2) is 8.47. The number of nitrogens with one attached hydrogen (secondary N) is 2. The fraction of sp³-hybridized carbons (Fsp3) is 0.208. The Morgan fingerprint density at radius 2 is 1.85 bits per heavy atom. The quantitative estimate of drug-likeness (QED) is 0.328. The van der Waals surface area contributed by atoms with Gasteiger partial charge in [0.25, 0.3) is 5.91 Å². The molecule has 0 radical (unpaired) electrons. The summed E-state index contributed by atoms with van der Waals surface area (Å²) in [7, 11) is 1.28. The maximum Gasteiger partial charge on any atom is 0.325 e. The number of rotatable bonds is 6. The van der Waals surface area contributed by atoms with Gasteiger partial charge >= 0.3 is 11.7 Å². The predicted molar refractivity (Wildman–Crippen MR) is 125 cm³/mol. The van der Waals surface area contributed by atoms with Crippen molar-refractivity contribution >= 4 is 40.0 Å². The Labute approximate surface area is 194 Å². The molecule has 4 amide bonds. The highest BCUT2D eigenvalue weighted by molar-refractivity contribution is 6.10. The van der Waals surface area contributed by atoms with Gasteiger partial charge in [0.2, 0.25) is 5.91 Å². The van der Waals surface area contributed by atoms with Crippen LogP contribution in [0.2, 0.25) is 0 Å². The molecule has 0 bridgehead atoms. The van der Waals surface area contributed by atoms with E-state index in [2.05, 4.69) is 10.6 Å². The van der Waals surface area contributed by atoms with Gasteiger partial charge in [-0.25, -0.2) is 4.79 Å². The number of hydrogen-bond donors (Lipinski definition) is 2. The van der Waals surface area contributed by atoms with Crippen LogP contribution in [-0.4, -0.2) is 41.3 Å². The van der Waals surface area contributed by atoms with Crippen molar-refractivity contribution < 1.29 is 24.0 Å². The first-order valence-corrected chi connectivity index (χ1v) is 10.4. The van der Waals surface area contributed by atoms with Gasteiger partial charge < -0.3 is 15.4 Å². The highest BCUT2D eigenvalue weighted by Crippen LogP contribution is 2.33. The van der Waals surface area contributed by atoms with Gasteiger partial charge in [0, 0.05) is 17.8 Å². The van der Waals surface area contributed by atoms with E-state index in [0.29, 0.717) is 11.1 Å². The zero-order valence-corrected chi connectivity index (χ0v) is 18.7. The molecule has 3 aromatic carbocycles. The first-order chi connectivity index (χ1) is 16.1. The summed E-state index contributed by atoms with van der Waals surface area (Å²) in [6, 6.07) is 15.1. The van der Waals surface area contributed by atoms with Crippen LogP contribution >= 0.6 is 0 Å². The Morgan fingerprint density at radius 1 is 1.15 bits per heavy atom. The maximum absolute atomic E-state index is 13.2. The number of benzene rings is 3. The van der Waals surface area contributed by atoms with Gasteiger partial charge in [-0.15, -0.1) is 0 Å². The van der Waals surface area contributed by atoms with E-state index in [0.717, 1.165) is 15.7 Å². The summed E-state index contributed by atoms with van der Waals surface area (Å²) in [4.78, 5) is 50.0. The van der Waals surface area contributed by atoms with E-state index in [1.807, 2.05) is 36.4 Å². The summed E-state index contributed by atoms with van der Waals surface area (Å²) < 4.78 is 5.04. The lowest BCUT2D eigenvalue weighted by Gasteiger charge is -2.22. The van der Waals surface area contributed by atoms with Crippen molar-refractivity contribution in [1.82, 2.24) is 10.2 Å². The number of carbonyl (C=O) groups excluding carboxylic acids is 3. The number of fused-ring (bicyclic) bond motifs is 1. The summed E-state index contributed by atoms with van der Waals surface area (Å²) in [5.74, 6) is -1.21. The Balaban J connectivity index is 1.54. The first-order valence-electron chi connectivity index (χ1n) is 10.4. The van der Waals surface area contributed by atoms with Crippen LogP contribution in [0.15, 0.2) is 54.6 Å². The van der Waals surface area contributed by atoms with Crippen LogP contribution in [0.5, 0.6) is 5.75 Å². The van der Waals surface area contributed by atoms with Gasteiger partial charge in [-0.3, -0.25) is 24.6 Å². The van der Waals surface area contributed by atoms with Crippen molar-refractivity contribution in [1.29, 1.82) is 0 Å². The van der Waals surface area contributed by atoms with E-state index in [-0.39, 0.29) is 17.1 Å². The van der Waals surface area contributed by atoms with E-state index in [9.17, 15) is 24.5 Å². The molecule has 3 aromatic rings. The number of nitro benzene ring substituents is 1. The number of imide groups is 1. The fourth-order valence-corrected chi connectivity index (χ4v) is 3.98. The zero-order chi connectivity index (χ0) is 24.6. The number of amides is 4. The number of hydrogen-bond acceptors (Lipinski definition) is 6. The van der Waals surface area contributed by atoms with E-state index < -0.39 is 34.9 Å². The van der Waals surface area contributed by atoms with Crippen LogP contribution in [0, 0.1) is 17.0 Å². The summed E-state index contributed by atoms with van der Waals surface area (Å²) in [5, 5.41) is 18.4. The minimum atomic E-state index is -1.33. The van der Waals surface area contributed by atoms with E-state index >= 15 is 0 Å². The zero-order valence-electron chi connectivity index (χ0n) is 18.7. The number of urea groups is 1. The molecule has 1 heterocycles. The Bertz CT molecular complexity index is 1350. The normalized spacial score (nSPS) is 17.6. The van der Waals surface area contributed by atoms with Crippen molar-refractivity contribution in [2.45, 2.75) is 19.4 Å². The van der Waals surface area contributed by atoms with Gasteiger partial charge in [-0.05, 0) is 41.8 Å². The molecular weight excluding hydrogens is 440 g/mol. The van der Waals surface area contributed by atoms with Crippen LogP contribution in [0.1, 0.15) is 18.1 Å². The molecule has 0 spiro atoms. The van der Waals surface area contributed by atoms with Gasteiger partial charge in [-0.2, -0.15) is 0 Å². The predicted octanol–water partition coefficient (Wildman–Crippen LogP) is 3.47. The molecule has 0 aliphatic carbocycles. The molecule has 1 aliphatic heterocycles. The highest BCUT2D eigenvalue weighted by atomic mass is 16.6. The van der Waals surface area contributed by atoms with Crippen molar-refractivity contribution in [3.8, 4) is 5.75 Å². The van der Waals surface area contributed by atoms with Gasteiger partial charge in [0.15, 0.2) is 5.75 Å². The average Bonchev–Trinajstić information content (AvgIpc) is 3.03. The molecule has 0 aromatic heterocycles. The lowest BCUT2D eigenvalue weighted by molar-refractivity contribution is -0.385. The number of carbonyl (C=O) groups is 3. The topological polar surface area (TPSA) is 131 Å². The molecule has 10 nitrogen and oxygen atoms in total. The molecule has 34 heavy (non-hydrogen) atoms. The molecular formula is C24H22N4O6. The number of anilines is 1. The summed E-state index contributed by atoms with van der Waals surface area (Å²) >= 11 is 0. The SMILES string of the molecule is COc1cc(NC(=O)CN2C(=O)N[C@](C)(c3ccc4ccccc4c3)C2=O)c(C)cc1[N+](=O)[O-]. The first kappa shape index (κ1) is 22.7. The van der Waals surface area contributed by atoms with Crippen LogP contribution in [0.4, 0.5) is 16.2 Å². The minimum absolute atomic E-state index is 0.0234. The third kappa shape index (κ3) is 3.90. The summed E-state index contributed by atoms with van der Waals surface area (Å²) in [6.45, 7) is 2.67. The second-order valence-electron chi connectivity index (χ2n) is 8.15. The third-order valence-electron chi connectivity index (χ3n) is 5.90. The monoisotopic (exact) mass is 462 g/mol. The van der Waals surface area contributed by atoms with E-state index in [1.54, 1.807) is 19.9 Å². The van der Waals surface area contributed by atoms with Crippen molar-refractivity contribution in [2.24, 2.45) is 0 Å². The molecule has 174 valence electrons. The molecule has 0 unspecified atom stereocenters. The molecule has 1 aliphatic rings. The average molecular weight is 462 g/mol. The minimum Gasteiger partial charge on any atom is -0.490 e. The largest absolute Gasteiger partial charge is 0.490 e. The Kier molecular flexibility index (Phi) is 5.66. The van der Waals surface area contributed by atoms with Crippen LogP contribution in [0.3, 0.4) is 0 Å². The fourth-order valence-electron chi connectivity index (χ4n) is 3.98. The van der Waals surface area contributed by atoms with Crippen LogP contribution in [0.25, 0.3) is 10.8 Å². The number of nitro groups is 1. The molecule has 1 atom stereocenters. The summed E-state index contributed by atoms with van der Waals surface area (Å²) in [6.07, 6.45) is 0. The van der Waals surface area contributed by atoms with Gasteiger partial charge in [-0.1, -0.05) is 36.4 Å². The van der Waals surface area contributed by atoms with Crippen molar-refractivity contribution in [3.63, 3.8) is 0 Å². The van der Waals surface area contributed by atoms with Gasteiger partial charge in [0.05, 0.1) is 12.0 Å². The summed E-state index contributed by atoms with van der Waals surface area (Å²) in [5.41, 5.74) is -0.258. The Hall–Kier alpha value is -4.47. The lowest BCUT2D eigenvalue weighted by Crippen LogP contribution is -2.42. The highest BCUT2D eigenvalue weighted by Gasteiger charge is 2.49. The number of ether oxygens (including phenoxy) is 1.